The van der Waals surface area contributed by atoms with E-state index in [9.17, 15) is 18.0 Å². The molecule has 0 saturated heterocycles. The molecule has 0 fully saturated rings. The second kappa shape index (κ2) is 11.9. The molecule has 0 radical (unpaired) electrons. The van der Waals surface area contributed by atoms with Crippen LogP contribution in [-0.4, -0.2) is 52.6 Å². The molecule has 1 amide bonds. The van der Waals surface area contributed by atoms with Crippen LogP contribution in [0.5, 0.6) is 11.5 Å². The van der Waals surface area contributed by atoms with Gasteiger partial charge in [0.1, 0.15) is 5.01 Å². The van der Waals surface area contributed by atoms with E-state index in [1.54, 1.807) is 14.2 Å². The fourth-order valence-corrected chi connectivity index (χ4v) is 4.54. The van der Waals surface area contributed by atoms with E-state index in [0.717, 1.165) is 21.1 Å². The maximum absolute atomic E-state index is 12.2. The number of rotatable bonds is 7. The maximum Gasteiger partial charge on any atom is 0.490 e. The van der Waals surface area contributed by atoms with Crippen LogP contribution < -0.4 is 14.8 Å². The van der Waals surface area contributed by atoms with E-state index in [1.807, 2.05) is 25.1 Å². The highest BCUT2D eigenvalue weighted by Gasteiger charge is 2.38. The van der Waals surface area contributed by atoms with Crippen molar-refractivity contribution in [2.24, 2.45) is 0 Å². The Morgan fingerprint density at radius 2 is 1.82 bits per heavy atom. The van der Waals surface area contributed by atoms with Crippen LogP contribution in [-0.2, 0) is 22.4 Å². The minimum atomic E-state index is -5.08. The van der Waals surface area contributed by atoms with Crippen molar-refractivity contribution in [2.45, 2.75) is 25.9 Å². The first kappa shape index (κ1) is 27.2. The molecule has 184 valence electrons. The number of thiazole rings is 1. The molecule has 0 atom stereocenters. The molecule has 3 rings (SSSR count). The predicted molar refractivity (Wildman–Crippen MR) is 123 cm³/mol. The SMILES string of the molecule is COc1ccc(Cc2nnc(NC(=O)Cc3sc(=S)[nH]c3C)s2)cc1OC.O=C(O)C(F)(F)F. The third-order valence-corrected chi connectivity index (χ3v) is 6.18. The molecular weight excluding hydrogens is 517 g/mol. The quantitative estimate of drug-likeness (QED) is 0.380. The summed E-state index contributed by atoms with van der Waals surface area (Å²) in [4.78, 5) is 25.1. The highest BCUT2D eigenvalue weighted by atomic mass is 32.1. The van der Waals surface area contributed by atoms with Crippen molar-refractivity contribution in [3.05, 3.63) is 43.3 Å². The van der Waals surface area contributed by atoms with Crippen molar-refractivity contribution in [2.75, 3.05) is 19.5 Å². The van der Waals surface area contributed by atoms with Crippen molar-refractivity contribution in [1.82, 2.24) is 15.2 Å². The molecule has 34 heavy (non-hydrogen) atoms. The Kier molecular flexibility index (Phi) is 9.52. The Morgan fingerprint density at radius 1 is 1.18 bits per heavy atom. The number of H-pyrrole nitrogens is 1. The summed E-state index contributed by atoms with van der Waals surface area (Å²) in [6.45, 7) is 1.90. The number of carboxylic acids is 1. The van der Waals surface area contributed by atoms with Gasteiger partial charge in [-0.2, -0.15) is 13.2 Å². The Balaban J connectivity index is 0.000000509. The van der Waals surface area contributed by atoms with Crippen molar-refractivity contribution >= 4 is 51.9 Å². The van der Waals surface area contributed by atoms with Crippen LogP contribution in [0.4, 0.5) is 18.3 Å². The lowest BCUT2D eigenvalue weighted by atomic mass is 10.1. The van der Waals surface area contributed by atoms with Gasteiger partial charge in [0.05, 0.1) is 20.6 Å². The minimum Gasteiger partial charge on any atom is -0.493 e. The van der Waals surface area contributed by atoms with E-state index < -0.39 is 12.1 Å². The second-order valence-corrected chi connectivity index (χ2v) is 9.29. The molecule has 2 heterocycles. The molecule has 0 aliphatic heterocycles. The normalized spacial score (nSPS) is 10.8. The third kappa shape index (κ3) is 8.07. The number of aromatic nitrogens is 3. The van der Waals surface area contributed by atoms with Gasteiger partial charge in [-0.1, -0.05) is 17.4 Å². The van der Waals surface area contributed by atoms with Crippen LogP contribution in [0, 0.1) is 10.9 Å². The lowest BCUT2D eigenvalue weighted by Crippen LogP contribution is -2.21. The third-order valence-electron chi connectivity index (χ3n) is 4.00. The molecule has 15 heteroatoms. The largest absolute Gasteiger partial charge is 0.493 e. The topological polar surface area (TPSA) is 126 Å². The molecule has 0 aliphatic rings. The standard InChI is InChI=1S/C17H18N4O3S3.C2HF3O2/c1-9-13(26-17(25)18-9)8-14(22)19-16-21-20-15(27-16)7-10-4-5-11(23-2)12(6-10)24-3;3-2(4,5)1(6)7/h4-6H,7-8H2,1-3H3,(H,18,25)(H,19,21,22);(H,6,7). The number of hydrogen-bond acceptors (Lipinski definition) is 9. The Bertz CT molecular complexity index is 1210. The van der Waals surface area contributed by atoms with Crippen molar-refractivity contribution in [3.8, 4) is 11.5 Å². The average Bonchev–Trinajstić information content (AvgIpc) is 3.32. The summed E-state index contributed by atoms with van der Waals surface area (Å²) in [5.74, 6) is -1.56. The number of carbonyl (C=O) groups is 2. The van der Waals surface area contributed by atoms with E-state index in [4.69, 9.17) is 31.6 Å². The summed E-state index contributed by atoms with van der Waals surface area (Å²) < 4.78 is 43.0. The van der Waals surface area contributed by atoms with Gasteiger partial charge in [0, 0.05) is 17.0 Å². The van der Waals surface area contributed by atoms with Crippen molar-refractivity contribution in [1.29, 1.82) is 0 Å². The molecule has 0 unspecified atom stereocenters. The monoisotopic (exact) mass is 536 g/mol. The molecule has 3 N–H and O–H groups in total. The lowest BCUT2D eigenvalue weighted by molar-refractivity contribution is -0.192. The number of carbonyl (C=O) groups excluding carboxylic acids is 1. The first-order valence-electron chi connectivity index (χ1n) is 9.24. The van der Waals surface area contributed by atoms with Gasteiger partial charge in [0.25, 0.3) is 0 Å². The number of hydrogen-bond donors (Lipinski definition) is 3. The second-order valence-electron chi connectivity index (χ2n) is 6.46. The van der Waals surface area contributed by atoms with Crippen molar-refractivity contribution < 1.29 is 37.3 Å². The Labute approximate surface area is 204 Å². The zero-order chi connectivity index (χ0) is 25.5. The number of nitrogens with zero attached hydrogens (tertiary/aromatic N) is 2. The Hall–Kier alpha value is -3.04. The molecule has 0 spiro atoms. The fraction of sp³-hybridized carbons (Fsp3) is 0.316. The van der Waals surface area contributed by atoms with Gasteiger partial charge in [-0.25, -0.2) is 4.79 Å². The summed E-state index contributed by atoms with van der Waals surface area (Å²) in [6.07, 6.45) is -4.24. The summed E-state index contributed by atoms with van der Waals surface area (Å²) in [5.41, 5.74) is 1.94. The first-order chi connectivity index (χ1) is 15.9. The van der Waals surface area contributed by atoms with E-state index in [2.05, 4.69) is 20.5 Å². The molecule has 1 aromatic carbocycles. The number of carboxylic acid groups (broad SMARTS) is 1. The van der Waals surface area contributed by atoms with Crippen molar-refractivity contribution in [3.63, 3.8) is 0 Å². The van der Waals surface area contributed by atoms with Gasteiger partial charge >= 0.3 is 12.1 Å². The fourth-order valence-electron chi connectivity index (χ4n) is 2.46. The molecular formula is C19H19F3N4O5S3. The number of benzene rings is 1. The number of aryl methyl sites for hydroxylation is 1. The minimum absolute atomic E-state index is 0.142. The van der Waals surface area contributed by atoms with E-state index >= 15 is 0 Å². The molecule has 0 saturated carbocycles. The summed E-state index contributed by atoms with van der Waals surface area (Å²) >= 11 is 7.85. The zero-order valence-electron chi connectivity index (χ0n) is 18.0. The van der Waals surface area contributed by atoms with Crippen LogP contribution in [0.1, 0.15) is 21.1 Å². The van der Waals surface area contributed by atoms with E-state index in [1.165, 1.54) is 22.7 Å². The number of ether oxygens (including phenoxy) is 2. The lowest BCUT2D eigenvalue weighted by Gasteiger charge is -2.08. The van der Waals surface area contributed by atoms with Gasteiger partial charge < -0.3 is 24.9 Å². The highest BCUT2D eigenvalue weighted by Crippen LogP contribution is 2.29. The number of alkyl halides is 3. The number of halogens is 3. The number of aromatic amines is 1. The number of anilines is 1. The van der Waals surface area contributed by atoms with Gasteiger partial charge in [-0.05, 0) is 36.8 Å². The van der Waals surface area contributed by atoms with E-state index in [-0.39, 0.29) is 12.3 Å². The number of aliphatic carboxylic acids is 1. The van der Waals surface area contributed by atoms with Crippen LogP contribution in [0.3, 0.4) is 0 Å². The zero-order valence-corrected chi connectivity index (χ0v) is 20.4. The van der Waals surface area contributed by atoms with Crippen LogP contribution in [0.2, 0.25) is 0 Å². The number of methoxy groups -OCH3 is 2. The molecule has 2 aromatic heterocycles. The average molecular weight is 537 g/mol. The van der Waals surface area contributed by atoms with Crippen LogP contribution in [0.15, 0.2) is 18.2 Å². The molecule has 9 nitrogen and oxygen atoms in total. The van der Waals surface area contributed by atoms with Gasteiger partial charge in [-0.3, -0.25) is 4.79 Å². The summed E-state index contributed by atoms with van der Waals surface area (Å²) in [6, 6.07) is 5.70. The van der Waals surface area contributed by atoms with Crippen LogP contribution >= 0.6 is 34.9 Å². The van der Waals surface area contributed by atoms with Gasteiger partial charge in [0.15, 0.2) is 15.5 Å². The summed E-state index contributed by atoms with van der Waals surface area (Å²) in [7, 11) is 3.20. The molecule has 3 aromatic rings. The van der Waals surface area contributed by atoms with Crippen LogP contribution in [0.25, 0.3) is 0 Å². The number of nitrogens with one attached hydrogen (secondary N) is 2. The van der Waals surface area contributed by atoms with Gasteiger partial charge in [-0.15, -0.1) is 21.5 Å². The number of amides is 1. The Morgan fingerprint density at radius 3 is 2.35 bits per heavy atom. The smallest absolute Gasteiger partial charge is 0.490 e. The summed E-state index contributed by atoms with van der Waals surface area (Å²) in [5, 5.41) is 19.4. The first-order valence-corrected chi connectivity index (χ1v) is 11.3. The van der Waals surface area contributed by atoms with Gasteiger partial charge in [0.2, 0.25) is 11.0 Å². The highest BCUT2D eigenvalue weighted by molar-refractivity contribution is 7.73. The predicted octanol–water partition coefficient (Wildman–Crippen LogP) is 4.39. The molecule has 0 aliphatic carbocycles. The maximum atomic E-state index is 12.2. The molecule has 0 bridgehead atoms. The van der Waals surface area contributed by atoms with E-state index in [0.29, 0.717) is 27.0 Å².